The van der Waals surface area contributed by atoms with Gasteiger partial charge in [-0.05, 0) is 26.0 Å². The Morgan fingerprint density at radius 3 is 2.76 bits per heavy atom. The molecule has 0 aliphatic rings. The number of nitrogens with zero attached hydrogens (tertiary/aromatic N) is 4. The molecule has 0 atom stereocenters. The summed E-state index contributed by atoms with van der Waals surface area (Å²) in [5.74, 6) is 0.307. The molecule has 0 aliphatic carbocycles. The van der Waals surface area contributed by atoms with E-state index < -0.39 is 0 Å². The number of nitrogens with one attached hydrogen (secondary N) is 1. The molecule has 7 nitrogen and oxygen atoms in total. The number of para-hydroxylation sites is 1. The largest absolute Gasteiger partial charge is 0.496 e. The zero-order chi connectivity index (χ0) is 17.8. The Bertz CT molecular complexity index is 881. The summed E-state index contributed by atoms with van der Waals surface area (Å²) in [4.78, 5) is 12.4. The first-order valence-electron chi connectivity index (χ1n) is 8.10. The molecule has 0 unspecified atom stereocenters. The molecule has 0 fully saturated rings. The number of amides is 1. The van der Waals surface area contributed by atoms with Crippen molar-refractivity contribution in [2.75, 3.05) is 12.4 Å². The third kappa shape index (κ3) is 3.55. The zero-order valence-electron chi connectivity index (χ0n) is 14.6. The number of ether oxygens (including phenoxy) is 1. The van der Waals surface area contributed by atoms with Crippen LogP contribution in [0, 0.1) is 6.92 Å². The van der Waals surface area contributed by atoms with Crippen LogP contribution in [-0.4, -0.2) is 32.6 Å². The van der Waals surface area contributed by atoms with Gasteiger partial charge in [-0.3, -0.25) is 14.2 Å². The van der Waals surface area contributed by atoms with Crippen LogP contribution < -0.4 is 10.1 Å². The lowest BCUT2D eigenvalue weighted by atomic mass is 10.2. The molecule has 0 spiro atoms. The highest BCUT2D eigenvalue weighted by Gasteiger charge is 2.13. The number of carbonyl (C=O) groups is 1. The smallest absolute Gasteiger partial charge is 0.259 e. The fourth-order valence-electron chi connectivity index (χ4n) is 2.68. The molecule has 1 amide bonds. The van der Waals surface area contributed by atoms with E-state index in [0.717, 1.165) is 17.8 Å². The van der Waals surface area contributed by atoms with Gasteiger partial charge in [-0.15, -0.1) is 0 Å². The Labute approximate surface area is 146 Å². The van der Waals surface area contributed by atoms with Gasteiger partial charge in [0, 0.05) is 24.0 Å². The minimum absolute atomic E-state index is 0.230. The summed E-state index contributed by atoms with van der Waals surface area (Å²) in [7, 11) is 1.54. The number of methoxy groups -OCH3 is 1. The quantitative estimate of drug-likeness (QED) is 0.749. The second-order valence-electron chi connectivity index (χ2n) is 5.65. The average Bonchev–Trinajstić information content (AvgIpc) is 3.22. The predicted molar refractivity (Wildman–Crippen MR) is 94.9 cm³/mol. The van der Waals surface area contributed by atoms with Crippen molar-refractivity contribution in [2.45, 2.75) is 26.9 Å². The molecule has 25 heavy (non-hydrogen) atoms. The monoisotopic (exact) mass is 339 g/mol. The van der Waals surface area contributed by atoms with E-state index in [-0.39, 0.29) is 5.91 Å². The van der Waals surface area contributed by atoms with Gasteiger partial charge in [0.2, 0.25) is 0 Å². The van der Waals surface area contributed by atoms with Gasteiger partial charge >= 0.3 is 0 Å². The normalized spacial score (nSPS) is 10.7. The van der Waals surface area contributed by atoms with Crippen LogP contribution in [0.5, 0.6) is 5.75 Å². The number of anilines is 1. The second kappa shape index (κ2) is 7.21. The van der Waals surface area contributed by atoms with E-state index in [2.05, 4.69) is 22.4 Å². The lowest BCUT2D eigenvalue weighted by Gasteiger charge is -2.07. The number of benzene rings is 1. The maximum atomic E-state index is 12.4. The highest BCUT2D eigenvalue weighted by atomic mass is 16.5. The lowest BCUT2D eigenvalue weighted by molar-refractivity contribution is 0.102. The molecule has 1 aromatic carbocycles. The molecule has 0 saturated carbocycles. The average molecular weight is 339 g/mol. The minimum atomic E-state index is -0.230. The molecular weight excluding hydrogens is 318 g/mol. The zero-order valence-corrected chi connectivity index (χ0v) is 14.6. The van der Waals surface area contributed by atoms with Crippen molar-refractivity contribution < 1.29 is 9.53 Å². The van der Waals surface area contributed by atoms with Gasteiger partial charge in [0.25, 0.3) is 5.91 Å². The Hall–Kier alpha value is -3.09. The van der Waals surface area contributed by atoms with Crippen molar-refractivity contribution in [3.8, 4) is 5.75 Å². The van der Waals surface area contributed by atoms with Crippen LogP contribution in [0.1, 0.15) is 28.5 Å². The van der Waals surface area contributed by atoms with Gasteiger partial charge in [-0.2, -0.15) is 10.2 Å². The maximum absolute atomic E-state index is 12.4. The maximum Gasteiger partial charge on any atom is 0.259 e. The first-order valence-corrected chi connectivity index (χ1v) is 8.10. The van der Waals surface area contributed by atoms with E-state index in [1.54, 1.807) is 42.4 Å². The topological polar surface area (TPSA) is 74.0 Å². The molecule has 130 valence electrons. The van der Waals surface area contributed by atoms with Gasteiger partial charge in [0.15, 0.2) is 0 Å². The standard InChI is InChI=1S/C18H21N5O2/c1-4-23-13(2)14(9-20-23)11-22-12-15(10-19-22)21-18(24)16-7-5-6-8-17(16)25-3/h5-10,12H,4,11H2,1-3H3,(H,21,24). The Balaban J connectivity index is 1.71. The molecule has 0 radical (unpaired) electrons. The summed E-state index contributed by atoms with van der Waals surface area (Å²) < 4.78 is 8.95. The van der Waals surface area contributed by atoms with Crippen LogP contribution in [-0.2, 0) is 13.1 Å². The van der Waals surface area contributed by atoms with E-state index >= 15 is 0 Å². The third-order valence-corrected chi connectivity index (χ3v) is 4.08. The first-order chi connectivity index (χ1) is 12.1. The van der Waals surface area contributed by atoms with Crippen molar-refractivity contribution in [2.24, 2.45) is 0 Å². The highest BCUT2D eigenvalue weighted by molar-refractivity contribution is 6.06. The molecule has 2 aromatic heterocycles. The molecule has 3 rings (SSSR count). The SMILES string of the molecule is CCn1ncc(Cn2cc(NC(=O)c3ccccc3OC)cn2)c1C. The molecule has 0 bridgehead atoms. The van der Waals surface area contributed by atoms with Crippen molar-refractivity contribution in [1.29, 1.82) is 0 Å². The first kappa shape index (κ1) is 16.8. The van der Waals surface area contributed by atoms with Crippen molar-refractivity contribution in [1.82, 2.24) is 19.6 Å². The number of carbonyl (C=O) groups excluding carboxylic acids is 1. The molecule has 0 saturated heterocycles. The number of rotatable bonds is 6. The van der Waals surface area contributed by atoms with Crippen LogP contribution in [0.25, 0.3) is 0 Å². The van der Waals surface area contributed by atoms with Gasteiger partial charge in [0.05, 0.1) is 37.3 Å². The summed E-state index contributed by atoms with van der Waals surface area (Å²) >= 11 is 0. The second-order valence-corrected chi connectivity index (χ2v) is 5.65. The fourth-order valence-corrected chi connectivity index (χ4v) is 2.68. The van der Waals surface area contributed by atoms with Gasteiger partial charge < -0.3 is 10.1 Å². The van der Waals surface area contributed by atoms with Crippen LogP contribution in [0.4, 0.5) is 5.69 Å². The van der Waals surface area contributed by atoms with E-state index in [1.807, 2.05) is 23.9 Å². The lowest BCUT2D eigenvalue weighted by Crippen LogP contribution is -2.12. The Morgan fingerprint density at radius 1 is 1.24 bits per heavy atom. The van der Waals surface area contributed by atoms with Crippen molar-refractivity contribution in [3.05, 3.63) is 59.7 Å². The molecule has 3 aromatic rings. The van der Waals surface area contributed by atoms with Crippen LogP contribution in [0.15, 0.2) is 42.9 Å². The Kier molecular flexibility index (Phi) is 4.83. The number of aromatic nitrogens is 4. The number of hydrogen-bond donors (Lipinski definition) is 1. The highest BCUT2D eigenvalue weighted by Crippen LogP contribution is 2.19. The molecule has 2 heterocycles. The molecule has 0 aliphatic heterocycles. The summed E-state index contributed by atoms with van der Waals surface area (Å²) in [5.41, 5.74) is 3.35. The summed E-state index contributed by atoms with van der Waals surface area (Å²) in [5, 5.41) is 11.5. The van der Waals surface area contributed by atoms with Crippen molar-refractivity contribution >= 4 is 11.6 Å². The van der Waals surface area contributed by atoms with Crippen LogP contribution in [0.2, 0.25) is 0 Å². The molecular formula is C18H21N5O2. The predicted octanol–water partition coefficient (Wildman–Crippen LogP) is 2.72. The molecule has 1 N–H and O–H groups in total. The number of aryl methyl sites for hydroxylation is 1. The summed E-state index contributed by atoms with van der Waals surface area (Å²) in [6.07, 6.45) is 5.29. The van der Waals surface area contributed by atoms with Gasteiger partial charge in [-0.25, -0.2) is 0 Å². The van der Waals surface area contributed by atoms with E-state index in [9.17, 15) is 4.79 Å². The van der Waals surface area contributed by atoms with Crippen LogP contribution in [0.3, 0.4) is 0 Å². The van der Waals surface area contributed by atoms with Gasteiger partial charge in [-0.1, -0.05) is 12.1 Å². The number of hydrogen-bond acceptors (Lipinski definition) is 4. The van der Waals surface area contributed by atoms with Crippen LogP contribution >= 0.6 is 0 Å². The van der Waals surface area contributed by atoms with Crippen molar-refractivity contribution in [3.63, 3.8) is 0 Å². The van der Waals surface area contributed by atoms with E-state index in [4.69, 9.17) is 4.74 Å². The minimum Gasteiger partial charge on any atom is -0.496 e. The molecule has 7 heteroatoms. The fraction of sp³-hybridized carbons (Fsp3) is 0.278. The van der Waals surface area contributed by atoms with E-state index in [1.165, 1.54) is 0 Å². The third-order valence-electron chi connectivity index (χ3n) is 4.08. The summed E-state index contributed by atoms with van der Waals surface area (Å²) in [6.45, 7) is 5.55. The van der Waals surface area contributed by atoms with E-state index in [0.29, 0.717) is 23.5 Å². The summed E-state index contributed by atoms with van der Waals surface area (Å²) in [6, 6.07) is 7.11. The van der Waals surface area contributed by atoms with Gasteiger partial charge in [0.1, 0.15) is 5.75 Å². The Morgan fingerprint density at radius 2 is 2.04 bits per heavy atom.